The molecular formula is C22H31ClN4O5. The van der Waals surface area contributed by atoms with Crippen molar-refractivity contribution in [1.29, 1.82) is 5.41 Å². The lowest BCUT2D eigenvalue weighted by Gasteiger charge is -2.20. The van der Waals surface area contributed by atoms with Crippen LogP contribution in [0, 0.1) is 5.41 Å². The van der Waals surface area contributed by atoms with E-state index in [2.05, 4.69) is 10.5 Å². The highest BCUT2D eigenvalue weighted by Crippen LogP contribution is 2.50. The molecule has 2 aliphatic rings. The zero-order chi connectivity index (χ0) is 22.4. The predicted octanol–water partition coefficient (Wildman–Crippen LogP) is 3.48. The number of halogens is 1. The Bertz CT molecular complexity index is 929. The maximum Gasteiger partial charge on any atom is 0.303 e. The summed E-state index contributed by atoms with van der Waals surface area (Å²) in [6, 6.07) is 2.00. The molecule has 0 saturated heterocycles. The Kier molecular flexibility index (Phi) is 9.19. The van der Waals surface area contributed by atoms with Crippen molar-refractivity contribution < 1.29 is 24.1 Å². The van der Waals surface area contributed by atoms with Crippen LogP contribution < -0.4 is 25.4 Å². The van der Waals surface area contributed by atoms with Crippen LogP contribution in [0.2, 0.25) is 0 Å². The van der Waals surface area contributed by atoms with E-state index in [4.69, 9.17) is 30.5 Å². The van der Waals surface area contributed by atoms with Gasteiger partial charge in [0.25, 0.3) is 0 Å². The molecule has 0 heterocycles. The molecule has 0 spiro atoms. The fraction of sp³-hybridized carbons (Fsp3) is 0.500. The first-order valence-electron chi connectivity index (χ1n) is 10.5. The topological polar surface area (TPSA) is 139 Å². The fourth-order valence-corrected chi connectivity index (χ4v) is 4.24. The number of hydrogen-bond donors (Lipinski definition) is 4. The molecule has 0 aliphatic heterocycles. The van der Waals surface area contributed by atoms with Crippen LogP contribution in [0.3, 0.4) is 0 Å². The maximum absolute atomic E-state index is 10.7. The third-order valence-corrected chi connectivity index (χ3v) is 5.54. The Balaban J connectivity index is 0.00000363. The first kappa shape index (κ1) is 25.3. The molecule has 0 radical (unpaired) electrons. The van der Waals surface area contributed by atoms with E-state index < -0.39 is 5.97 Å². The Morgan fingerprint density at radius 1 is 1.16 bits per heavy atom. The summed E-state index contributed by atoms with van der Waals surface area (Å²) in [6.07, 6.45) is 5.61. The molecule has 2 aliphatic carbocycles. The Morgan fingerprint density at radius 3 is 2.53 bits per heavy atom. The van der Waals surface area contributed by atoms with Gasteiger partial charge < -0.3 is 25.1 Å². The number of unbranched alkanes of at least 4 members (excludes halogenated alkanes) is 1. The second-order valence-electron chi connectivity index (χ2n) is 7.57. The van der Waals surface area contributed by atoms with E-state index in [0.717, 1.165) is 42.5 Å². The number of benzene rings is 1. The zero-order valence-electron chi connectivity index (χ0n) is 18.5. The van der Waals surface area contributed by atoms with Crippen LogP contribution in [-0.4, -0.2) is 43.6 Å². The Morgan fingerprint density at radius 2 is 1.88 bits per heavy atom. The zero-order valence-corrected chi connectivity index (χ0v) is 19.3. The lowest BCUT2D eigenvalue weighted by molar-refractivity contribution is -0.137. The normalized spacial score (nSPS) is 15.9. The van der Waals surface area contributed by atoms with Gasteiger partial charge in [-0.25, -0.2) is 5.43 Å². The van der Waals surface area contributed by atoms with Crippen molar-refractivity contribution in [2.45, 2.75) is 51.4 Å². The minimum absolute atomic E-state index is 0. The van der Waals surface area contributed by atoms with Crippen LogP contribution in [0.1, 0.15) is 56.1 Å². The van der Waals surface area contributed by atoms with Crippen molar-refractivity contribution in [2.24, 2.45) is 10.8 Å². The highest BCUT2D eigenvalue weighted by molar-refractivity contribution is 6.09. The molecule has 0 saturated carbocycles. The van der Waals surface area contributed by atoms with Gasteiger partial charge in [0.15, 0.2) is 11.5 Å². The summed E-state index contributed by atoms with van der Waals surface area (Å²) in [4.78, 5) is 10.7. The summed E-state index contributed by atoms with van der Waals surface area (Å²) in [6.45, 7) is 0.398. The first-order valence-corrected chi connectivity index (χ1v) is 10.5. The molecule has 0 fully saturated rings. The SMILES string of the molecule is COc1c(OCCCCC(=O)O)cc2c(c1OC)C1=C(CCC1)C(=NNC(=N)N)CC2.Cl. The number of carboxylic acids is 1. The van der Waals surface area contributed by atoms with Gasteiger partial charge in [0, 0.05) is 12.0 Å². The molecule has 1 aromatic rings. The van der Waals surface area contributed by atoms with Gasteiger partial charge in [-0.05, 0) is 67.7 Å². The second kappa shape index (κ2) is 11.6. The van der Waals surface area contributed by atoms with E-state index in [1.54, 1.807) is 14.2 Å². The molecule has 0 atom stereocenters. The van der Waals surface area contributed by atoms with Crippen LogP contribution in [0.25, 0.3) is 5.57 Å². The van der Waals surface area contributed by atoms with E-state index in [1.807, 2.05) is 6.07 Å². The predicted molar refractivity (Wildman–Crippen MR) is 125 cm³/mol. The maximum atomic E-state index is 10.7. The molecule has 3 rings (SSSR count). The molecule has 0 amide bonds. The summed E-state index contributed by atoms with van der Waals surface area (Å²) in [7, 11) is 3.22. The molecule has 0 aromatic heterocycles. The highest BCUT2D eigenvalue weighted by atomic mass is 35.5. The smallest absolute Gasteiger partial charge is 0.303 e. The van der Waals surface area contributed by atoms with E-state index in [-0.39, 0.29) is 24.8 Å². The van der Waals surface area contributed by atoms with E-state index in [0.29, 0.717) is 43.1 Å². The van der Waals surface area contributed by atoms with Crippen molar-refractivity contribution in [2.75, 3.05) is 20.8 Å². The van der Waals surface area contributed by atoms with Crippen LogP contribution in [0.15, 0.2) is 16.7 Å². The highest BCUT2D eigenvalue weighted by Gasteiger charge is 2.31. The number of nitrogens with zero attached hydrogens (tertiary/aromatic N) is 1. The van der Waals surface area contributed by atoms with Crippen LogP contribution >= 0.6 is 12.4 Å². The largest absolute Gasteiger partial charge is 0.492 e. The van der Waals surface area contributed by atoms with Crippen molar-refractivity contribution in [3.8, 4) is 17.2 Å². The van der Waals surface area contributed by atoms with Gasteiger partial charge in [-0.1, -0.05) is 0 Å². The number of allylic oxidation sites excluding steroid dienone is 2. The van der Waals surface area contributed by atoms with Crippen molar-refractivity contribution in [1.82, 2.24) is 5.43 Å². The molecule has 32 heavy (non-hydrogen) atoms. The Hall–Kier alpha value is -2.94. The number of rotatable bonds is 9. The molecule has 176 valence electrons. The number of ether oxygens (including phenoxy) is 3. The van der Waals surface area contributed by atoms with Crippen molar-refractivity contribution in [3.63, 3.8) is 0 Å². The lowest BCUT2D eigenvalue weighted by atomic mass is 9.95. The molecule has 0 bridgehead atoms. The van der Waals surface area contributed by atoms with Crippen molar-refractivity contribution in [3.05, 3.63) is 22.8 Å². The van der Waals surface area contributed by atoms with Gasteiger partial charge in [0.05, 0.1) is 26.5 Å². The molecular weight excluding hydrogens is 436 g/mol. The molecule has 10 heteroatoms. The average Bonchev–Trinajstić information content (AvgIpc) is 3.16. The summed E-state index contributed by atoms with van der Waals surface area (Å²) in [5.41, 5.74) is 13.4. The lowest BCUT2D eigenvalue weighted by Crippen LogP contribution is -2.27. The van der Waals surface area contributed by atoms with Crippen LogP contribution in [0.4, 0.5) is 0 Å². The number of hydrogen-bond acceptors (Lipinski definition) is 6. The van der Waals surface area contributed by atoms with Gasteiger partial charge >= 0.3 is 5.97 Å². The van der Waals surface area contributed by atoms with Gasteiger partial charge in [-0.3, -0.25) is 10.2 Å². The summed E-state index contributed by atoms with van der Waals surface area (Å²) >= 11 is 0. The number of aryl methyl sites for hydroxylation is 1. The number of aliphatic carboxylic acids is 1. The number of methoxy groups -OCH3 is 2. The molecule has 9 nitrogen and oxygen atoms in total. The number of nitrogens with one attached hydrogen (secondary N) is 2. The van der Waals surface area contributed by atoms with E-state index in [9.17, 15) is 4.79 Å². The minimum atomic E-state index is -0.804. The van der Waals surface area contributed by atoms with Crippen molar-refractivity contribution >= 4 is 35.6 Å². The summed E-state index contributed by atoms with van der Waals surface area (Å²) in [5.74, 6) is 0.793. The third-order valence-electron chi connectivity index (χ3n) is 5.54. The monoisotopic (exact) mass is 466 g/mol. The average molecular weight is 467 g/mol. The van der Waals surface area contributed by atoms with E-state index >= 15 is 0 Å². The van der Waals surface area contributed by atoms with Gasteiger partial charge in [-0.15, -0.1) is 12.4 Å². The summed E-state index contributed by atoms with van der Waals surface area (Å²) < 4.78 is 17.4. The molecule has 5 N–H and O–H groups in total. The van der Waals surface area contributed by atoms with E-state index in [1.165, 1.54) is 11.1 Å². The third kappa shape index (κ3) is 5.64. The minimum Gasteiger partial charge on any atom is -0.492 e. The number of guanidine groups is 1. The fourth-order valence-electron chi connectivity index (χ4n) is 4.24. The van der Waals surface area contributed by atoms with Crippen LogP contribution in [0.5, 0.6) is 17.2 Å². The number of fused-ring (bicyclic) bond motifs is 2. The molecule has 0 unspecified atom stereocenters. The Labute approximate surface area is 193 Å². The number of carboxylic acid groups (broad SMARTS) is 1. The quantitative estimate of drug-likeness (QED) is 0.189. The van der Waals surface area contributed by atoms with Gasteiger partial charge in [0.2, 0.25) is 11.7 Å². The molecule has 1 aromatic carbocycles. The number of carbonyl (C=O) groups is 1. The number of hydrazone groups is 1. The number of nitrogens with two attached hydrogens (primary N) is 1. The van der Waals surface area contributed by atoms with Gasteiger partial charge in [0.1, 0.15) is 0 Å². The standard InChI is InChI=1S/C22H30N4O5.ClH/c1-29-20-17(31-11-4-3-8-18(27)28)12-13-9-10-16(25-26-22(23)24)14-6-5-7-15(14)19(13)21(20)30-2;/h12H,3-11H2,1-2H3,(H,27,28)(H4,23,24,26);1H. The first-order chi connectivity index (χ1) is 15.0. The van der Waals surface area contributed by atoms with Gasteiger partial charge in [-0.2, -0.15) is 5.10 Å². The second-order valence-corrected chi connectivity index (χ2v) is 7.57. The summed E-state index contributed by atoms with van der Waals surface area (Å²) in [5, 5.41) is 20.6. The van der Waals surface area contributed by atoms with Crippen LogP contribution in [-0.2, 0) is 11.2 Å².